The van der Waals surface area contributed by atoms with Crippen LogP contribution in [0.3, 0.4) is 0 Å². The van der Waals surface area contributed by atoms with E-state index in [0.717, 1.165) is 22.9 Å². The van der Waals surface area contributed by atoms with Crippen LogP contribution in [0, 0.1) is 0 Å². The minimum absolute atomic E-state index is 0.0295. The van der Waals surface area contributed by atoms with E-state index < -0.39 is 26.9 Å². The van der Waals surface area contributed by atoms with Crippen molar-refractivity contribution >= 4 is 33.8 Å². The van der Waals surface area contributed by atoms with Crippen LogP contribution in [0.1, 0.15) is 23.1 Å². The highest BCUT2D eigenvalue weighted by molar-refractivity contribution is 8.01. The van der Waals surface area contributed by atoms with Crippen molar-refractivity contribution in [3.63, 3.8) is 0 Å². The molecule has 2 N–H and O–H groups in total. The molecule has 0 radical (unpaired) electrons. The molecule has 1 aliphatic rings. The summed E-state index contributed by atoms with van der Waals surface area (Å²) in [7, 11) is -3.38. The van der Waals surface area contributed by atoms with Crippen LogP contribution >= 0.6 is 11.8 Å². The van der Waals surface area contributed by atoms with Gasteiger partial charge < -0.3 is 10.1 Å². The van der Waals surface area contributed by atoms with Crippen LogP contribution in [0.4, 0.5) is 4.79 Å². The van der Waals surface area contributed by atoms with E-state index in [1.54, 1.807) is 11.8 Å². The molecule has 1 fully saturated rings. The van der Waals surface area contributed by atoms with Crippen molar-refractivity contribution in [2.75, 3.05) is 32.5 Å². The van der Waals surface area contributed by atoms with Crippen molar-refractivity contribution in [1.29, 1.82) is 0 Å². The van der Waals surface area contributed by atoms with Crippen molar-refractivity contribution in [2.24, 2.45) is 0 Å². The summed E-state index contributed by atoms with van der Waals surface area (Å²) in [4.78, 5) is 27.9. The molecule has 0 spiro atoms. The normalized spacial score (nSPS) is 17.1. The van der Waals surface area contributed by atoms with Gasteiger partial charge >= 0.3 is 6.09 Å². The van der Waals surface area contributed by atoms with Gasteiger partial charge in [-0.1, -0.05) is 104 Å². The molecule has 8 nitrogen and oxygen atoms in total. The number of nitrogens with one attached hydrogen (secondary N) is 2. The molecule has 0 aliphatic carbocycles. The first-order valence-electron chi connectivity index (χ1n) is 13.4. The number of ether oxygens (including phenoxy) is 1. The largest absolute Gasteiger partial charge is 0.445 e. The highest BCUT2D eigenvalue weighted by Crippen LogP contribution is 2.52. The minimum Gasteiger partial charge on any atom is -0.445 e. The van der Waals surface area contributed by atoms with E-state index in [-0.39, 0.29) is 30.9 Å². The second-order valence-electron chi connectivity index (χ2n) is 9.75. The van der Waals surface area contributed by atoms with Crippen LogP contribution in [0.15, 0.2) is 104 Å². The van der Waals surface area contributed by atoms with E-state index >= 15 is 0 Å². The lowest BCUT2D eigenvalue weighted by molar-refractivity contribution is -0.125. The maximum atomic E-state index is 13.3. The monoisotopic (exact) mass is 593 g/mol. The maximum Gasteiger partial charge on any atom is 0.410 e. The standard InChI is InChI=1S/C31H35N3O5S2/c1-3-21-39-30(36)34-23-27(22-28(34)29(35)32-19-20-33-41(2,37)38)40-31(24-13-7-4-8-14-24,25-15-9-5-10-16-25)26-17-11-6-12-18-26/h3-18,27-28,33H,1,19-23H2,2H3,(H,32,35)/t27-,28-/m0/s1. The Morgan fingerprint density at radius 2 is 1.46 bits per heavy atom. The lowest BCUT2D eigenvalue weighted by atomic mass is 9.84. The molecule has 41 heavy (non-hydrogen) atoms. The fraction of sp³-hybridized carbons (Fsp3) is 0.290. The summed E-state index contributed by atoms with van der Waals surface area (Å²) in [5.74, 6) is -0.358. The van der Waals surface area contributed by atoms with Crippen LogP contribution in [0.2, 0.25) is 0 Å². The molecular formula is C31H35N3O5S2. The van der Waals surface area contributed by atoms with E-state index in [1.165, 1.54) is 11.0 Å². The van der Waals surface area contributed by atoms with Crippen LogP contribution in [-0.4, -0.2) is 69.1 Å². The summed E-state index contributed by atoms with van der Waals surface area (Å²) < 4.78 is 29.9. The average Bonchev–Trinajstić information content (AvgIpc) is 3.41. The summed E-state index contributed by atoms with van der Waals surface area (Å²) in [6, 6.07) is 29.9. The first-order valence-corrected chi connectivity index (χ1v) is 16.1. The van der Waals surface area contributed by atoms with Gasteiger partial charge in [-0.3, -0.25) is 9.69 Å². The highest BCUT2D eigenvalue weighted by atomic mass is 32.2. The lowest BCUT2D eigenvalue weighted by Gasteiger charge is -2.37. The van der Waals surface area contributed by atoms with Crippen LogP contribution in [0.25, 0.3) is 0 Å². The van der Waals surface area contributed by atoms with E-state index in [1.807, 2.05) is 54.6 Å². The Kier molecular flexibility index (Phi) is 10.3. The minimum atomic E-state index is -3.38. The fourth-order valence-corrected chi connectivity index (χ4v) is 7.36. The Hall–Kier alpha value is -3.60. The van der Waals surface area contributed by atoms with Crippen molar-refractivity contribution < 1.29 is 22.7 Å². The van der Waals surface area contributed by atoms with Gasteiger partial charge in [0, 0.05) is 24.9 Å². The quantitative estimate of drug-likeness (QED) is 0.186. The summed E-state index contributed by atoms with van der Waals surface area (Å²) in [6.45, 7) is 4.09. The molecule has 3 aromatic carbocycles. The molecule has 0 aromatic heterocycles. The summed E-state index contributed by atoms with van der Waals surface area (Å²) in [5, 5.41) is 2.64. The van der Waals surface area contributed by atoms with Gasteiger partial charge in [-0.15, -0.1) is 11.8 Å². The number of hydrogen-bond acceptors (Lipinski definition) is 6. The van der Waals surface area contributed by atoms with E-state index in [4.69, 9.17) is 4.74 Å². The number of nitrogens with zero attached hydrogens (tertiary/aromatic N) is 1. The molecular weight excluding hydrogens is 558 g/mol. The Balaban J connectivity index is 1.68. The molecule has 10 heteroatoms. The zero-order valence-corrected chi connectivity index (χ0v) is 24.6. The average molecular weight is 594 g/mol. The second kappa shape index (κ2) is 13.8. The molecule has 216 valence electrons. The predicted molar refractivity (Wildman–Crippen MR) is 163 cm³/mol. The zero-order chi connectivity index (χ0) is 29.3. The Labute approximate surface area is 246 Å². The first kappa shape index (κ1) is 30.4. The number of thioether (sulfide) groups is 1. The second-order valence-corrected chi connectivity index (χ2v) is 13.1. The third kappa shape index (κ3) is 7.58. The first-order chi connectivity index (χ1) is 19.7. The Morgan fingerprint density at radius 1 is 0.951 bits per heavy atom. The lowest BCUT2D eigenvalue weighted by Crippen LogP contribution is -2.47. The van der Waals surface area contributed by atoms with Crippen molar-refractivity contribution in [2.45, 2.75) is 22.5 Å². The Morgan fingerprint density at radius 3 is 1.93 bits per heavy atom. The number of amides is 2. The highest BCUT2D eigenvalue weighted by Gasteiger charge is 2.46. The topological polar surface area (TPSA) is 105 Å². The smallest absolute Gasteiger partial charge is 0.410 e. The summed E-state index contributed by atoms with van der Waals surface area (Å²) >= 11 is 1.72. The van der Waals surface area contributed by atoms with Gasteiger partial charge in [0.25, 0.3) is 0 Å². The van der Waals surface area contributed by atoms with Gasteiger partial charge in [0.1, 0.15) is 12.6 Å². The third-order valence-electron chi connectivity index (χ3n) is 6.80. The van der Waals surface area contributed by atoms with Gasteiger partial charge in [0.2, 0.25) is 15.9 Å². The van der Waals surface area contributed by atoms with Gasteiger partial charge in [-0.05, 0) is 23.1 Å². The van der Waals surface area contributed by atoms with Crippen LogP contribution in [0.5, 0.6) is 0 Å². The number of rotatable bonds is 12. The molecule has 2 amide bonds. The molecule has 3 aromatic rings. The van der Waals surface area contributed by atoms with Crippen LogP contribution in [-0.2, 0) is 24.3 Å². The summed E-state index contributed by atoms with van der Waals surface area (Å²) in [6.07, 6.45) is 2.35. The van der Waals surface area contributed by atoms with E-state index in [0.29, 0.717) is 13.0 Å². The molecule has 0 saturated carbocycles. The molecule has 1 saturated heterocycles. The summed E-state index contributed by atoms with van der Waals surface area (Å²) in [5.41, 5.74) is 3.26. The van der Waals surface area contributed by atoms with Gasteiger partial charge in [0.15, 0.2) is 0 Å². The molecule has 2 atom stereocenters. The SMILES string of the molecule is C=CCOC(=O)N1C[C@@H](SC(c2ccccc2)(c2ccccc2)c2ccccc2)C[C@H]1C(=O)NCCNS(C)(=O)=O. The van der Waals surface area contributed by atoms with Gasteiger partial charge in [-0.2, -0.15) is 0 Å². The zero-order valence-electron chi connectivity index (χ0n) is 22.9. The number of likely N-dealkylation sites (tertiary alicyclic amines) is 1. The number of sulfonamides is 1. The molecule has 1 heterocycles. The Bertz CT molecular complexity index is 1320. The number of carbonyl (C=O) groups excluding carboxylic acids is 2. The van der Waals surface area contributed by atoms with E-state index in [9.17, 15) is 18.0 Å². The van der Waals surface area contributed by atoms with Crippen molar-refractivity contribution in [3.05, 3.63) is 120 Å². The van der Waals surface area contributed by atoms with E-state index in [2.05, 4.69) is 53.0 Å². The number of carbonyl (C=O) groups is 2. The number of hydrogen-bond donors (Lipinski definition) is 2. The molecule has 0 bridgehead atoms. The maximum absolute atomic E-state index is 13.3. The van der Waals surface area contributed by atoms with Crippen molar-refractivity contribution in [1.82, 2.24) is 14.9 Å². The molecule has 4 rings (SSSR count). The van der Waals surface area contributed by atoms with Gasteiger partial charge in [0.05, 0.1) is 11.0 Å². The fourth-order valence-electron chi connectivity index (χ4n) is 5.06. The molecule has 1 aliphatic heterocycles. The number of benzene rings is 3. The van der Waals surface area contributed by atoms with Crippen molar-refractivity contribution in [3.8, 4) is 0 Å². The molecule has 0 unspecified atom stereocenters. The van der Waals surface area contributed by atoms with Gasteiger partial charge in [-0.25, -0.2) is 17.9 Å². The third-order valence-corrected chi connectivity index (χ3v) is 9.26. The van der Waals surface area contributed by atoms with Crippen LogP contribution < -0.4 is 10.0 Å². The predicted octanol–water partition coefficient (Wildman–Crippen LogP) is 4.14.